The third-order valence-electron chi connectivity index (χ3n) is 2.78. The summed E-state index contributed by atoms with van der Waals surface area (Å²) in [6.07, 6.45) is 1.38. The Hall–Kier alpha value is -2.81. The largest absolute Gasteiger partial charge is 0.496 e. The zero-order valence-corrected chi connectivity index (χ0v) is 12.9. The zero-order chi connectivity index (χ0) is 16.1. The monoisotopic (exact) mass is 332 g/mol. The van der Waals surface area contributed by atoms with E-state index in [0.717, 1.165) is 11.8 Å². The van der Waals surface area contributed by atoms with Crippen molar-refractivity contribution in [1.82, 2.24) is 15.4 Å². The van der Waals surface area contributed by atoms with Gasteiger partial charge >= 0.3 is 0 Å². The summed E-state index contributed by atoms with van der Waals surface area (Å²) in [5, 5.41) is 14.3. The molecule has 0 fully saturated rings. The summed E-state index contributed by atoms with van der Waals surface area (Å²) < 4.78 is 15.4. The number of nitrogens with zero attached hydrogens (tertiary/aromatic N) is 3. The first-order chi connectivity index (χ1) is 11.3. The van der Waals surface area contributed by atoms with Crippen LogP contribution in [0.25, 0.3) is 11.5 Å². The average Bonchev–Trinajstić information content (AvgIpc) is 3.24. The van der Waals surface area contributed by atoms with E-state index in [1.165, 1.54) is 6.26 Å². The Balaban J connectivity index is 1.62. The van der Waals surface area contributed by atoms with Gasteiger partial charge in [0.15, 0.2) is 5.82 Å². The number of ether oxygens (including phenoxy) is 1. The molecule has 1 aromatic carbocycles. The summed E-state index contributed by atoms with van der Waals surface area (Å²) >= 11 is 1.13. The maximum Gasteiger partial charge on any atom is 0.277 e. The van der Waals surface area contributed by atoms with Crippen LogP contribution in [-0.4, -0.2) is 34.1 Å². The second-order valence-electron chi connectivity index (χ2n) is 4.29. The molecule has 1 N–H and O–H groups in total. The molecule has 118 valence electrons. The van der Waals surface area contributed by atoms with Gasteiger partial charge in [-0.25, -0.2) is 0 Å². The number of hydrogen-bond donors (Lipinski definition) is 1. The second kappa shape index (κ2) is 6.97. The van der Waals surface area contributed by atoms with Crippen molar-refractivity contribution in [3.8, 4) is 17.2 Å². The van der Waals surface area contributed by atoms with Crippen LogP contribution in [0.4, 0.5) is 5.82 Å². The van der Waals surface area contributed by atoms with Gasteiger partial charge in [-0.15, -0.1) is 10.2 Å². The molecule has 0 saturated heterocycles. The molecule has 0 aliphatic rings. The number of carbonyl (C=O) groups excluding carboxylic acids is 1. The van der Waals surface area contributed by atoms with E-state index in [0.29, 0.717) is 28.2 Å². The summed E-state index contributed by atoms with van der Waals surface area (Å²) in [5.74, 6) is 1.19. The van der Waals surface area contributed by atoms with Crippen LogP contribution < -0.4 is 10.1 Å². The standard InChI is InChI=1S/C14H12N4O4S/c1-20-10-5-3-2-4-9(10)13-16-17-14(22-13)23-8-12(19)15-11-6-7-21-18-11/h2-7H,8H2,1H3,(H,15,18,19). The van der Waals surface area contributed by atoms with Crippen molar-refractivity contribution in [2.24, 2.45) is 0 Å². The van der Waals surface area contributed by atoms with Crippen molar-refractivity contribution in [2.75, 3.05) is 18.2 Å². The molecule has 8 nitrogen and oxygen atoms in total. The number of anilines is 1. The van der Waals surface area contributed by atoms with Crippen LogP contribution in [0, 0.1) is 0 Å². The lowest BCUT2D eigenvalue weighted by molar-refractivity contribution is -0.113. The number of carbonyl (C=O) groups is 1. The Morgan fingerprint density at radius 3 is 2.96 bits per heavy atom. The lowest BCUT2D eigenvalue weighted by atomic mass is 10.2. The normalized spacial score (nSPS) is 10.5. The highest BCUT2D eigenvalue weighted by molar-refractivity contribution is 7.99. The van der Waals surface area contributed by atoms with Crippen LogP contribution in [0.2, 0.25) is 0 Å². The van der Waals surface area contributed by atoms with Crippen molar-refractivity contribution in [2.45, 2.75) is 5.22 Å². The predicted molar refractivity (Wildman–Crippen MR) is 82.1 cm³/mol. The topological polar surface area (TPSA) is 103 Å². The molecular weight excluding hydrogens is 320 g/mol. The van der Waals surface area contributed by atoms with Gasteiger partial charge in [0.1, 0.15) is 12.0 Å². The van der Waals surface area contributed by atoms with Gasteiger partial charge in [0, 0.05) is 6.07 Å². The van der Waals surface area contributed by atoms with Crippen LogP contribution >= 0.6 is 11.8 Å². The van der Waals surface area contributed by atoms with E-state index < -0.39 is 0 Å². The Labute approximate surface area is 135 Å². The molecule has 1 amide bonds. The van der Waals surface area contributed by atoms with Crippen LogP contribution in [0.15, 0.2) is 50.8 Å². The molecule has 0 spiro atoms. The lowest BCUT2D eigenvalue weighted by Gasteiger charge is -2.03. The fraction of sp³-hybridized carbons (Fsp3) is 0.143. The number of nitrogens with one attached hydrogen (secondary N) is 1. The van der Waals surface area contributed by atoms with Gasteiger partial charge in [-0.1, -0.05) is 29.1 Å². The first-order valence-corrected chi connectivity index (χ1v) is 7.55. The van der Waals surface area contributed by atoms with Crippen molar-refractivity contribution < 1.29 is 18.5 Å². The Bertz CT molecular complexity index is 788. The number of thioether (sulfide) groups is 1. The van der Waals surface area contributed by atoms with Crippen LogP contribution in [-0.2, 0) is 4.79 Å². The van der Waals surface area contributed by atoms with Crippen molar-refractivity contribution in [1.29, 1.82) is 0 Å². The maximum absolute atomic E-state index is 11.7. The molecule has 2 aromatic heterocycles. The Kier molecular flexibility index (Phi) is 4.57. The van der Waals surface area contributed by atoms with Gasteiger partial charge in [0.05, 0.1) is 18.4 Å². The molecule has 0 radical (unpaired) electrons. The summed E-state index contributed by atoms with van der Waals surface area (Å²) in [5.41, 5.74) is 0.696. The zero-order valence-electron chi connectivity index (χ0n) is 12.1. The Morgan fingerprint density at radius 2 is 2.17 bits per heavy atom. The summed E-state index contributed by atoms with van der Waals surface area (Å²) in [4.78, 5) is 11.7. The SMILES string of the molecule is COc1ccccc1-c1nnc(SCC(=O)Nc2ccon2)o1. The highest BCUT2D eigenvalue weighted by Gasteiger charge is 2.14. The molecule has 0 aliphatic carbocycles. The minimum Gasteiger partial charge on any atom is -0.496 e. The van der Waals surface area contributed by atoms with Crippen LogP contribution in [0.3, 0.4) is 0 Å². The van der Waals surface area contributed by atoms with E-state index in [1.54, 1.807) is 19.2 Å². The van der Waals surface area contributed by atoms with Gasteiger partial charge in [0.2, 0.25) is 5.91 Å². The Morgan fingerprint density at radius 1 is 1.30 bits per heavy atom. The minimum absolute atomic E-state index is 0.112. The van der Waals surface area contributed by atoms with Crippen molar-refractivity contribution in [3.63, 3.8) is 0 Å². The van der Waals surface area contributed by atoms with Gasteiger partial charge in [-0.3, -0.25) is 4.79 Å². The summed E-state index contributed by atoms with van der Waals surface area (Å²) in [6, 6.07) is 8.87. The van der Waals surface area contributed by atoms with Gasteiger partial charge in [-0.05, 0) is 12.1 Å². The van der Waals surface area contributed by atoms with Crippen molar-refractivity contribution in [3.05, 3.63) is 36.6 Å². The number of benzene rings is 1. The number of para-hydroxylation sites is 1. The minimum atomic E-state index is -0.249. The quantitative estimate of drug-likeness (QED) is 0.687. The molecule has 9 heteroatoms. The first-order valence-electron chi connectivity index (χ1n) is 6.56. The molecule has 0 aliphatic heterocycles. The molecule has 0 bridgehead atoms. The van der Waals surface area contributed by atoms with Crippen LogP contribution in [0.1, 0.15) is 0 Å². The molecule has 0 atom stereocenters. The van der Waals surface area contributed by atoms with Crippen LogP contribution in [0.5, 0.6) is 5.75 Å². The molecule has 0 unspecified atom stereocenters. The summed E-state index contributed by atoms with van der Waals surface area (Å²) in [6.45, 7) is 0. The molecule has 3 aromatic rings. The number of amides is 1. The third kappa shape index (κ3) is 3.69. The first kappa shape index (κ1) is 15.1. The molecule has 0 saturated carbocycles. The number of rotatable bonds is 6. The van der Waals surface area contributed by atoms with E-state index in [1.807, 2.05) is 18.2 Å². The predicted octanol–water partition coefficient (Wildman–Crippen LogP) is 2.46. The molecule has 3 rings (SSSR count). The van der Waals surface area contributed by atoms with Gasteiger partial charge < -0.3 is 19.0 Å². The van der Waals surface area contributed by atoms with E-state index in [9.17, 15) is 4.79 Å². The average molecular weight is 332 g/mol. The van der Waals surface area contributed by atoms with Crippen molar-refractivity contribution >= 4 is 23.5 Å². The van der Waals surface area contributed by atoms with E-state index >= 15 is 0 Å². The second-order valence-corrected chi connectivity index (χ2v) is 5.22. The molecular formula is C14H12N4O4S. The lowest BCUT2D eigenvalue weighted by Crippen LogP contribution is -2.14. The maximum atomic E-state index is 11.7. The molecule has 23 heavy (non-hydrogen) atoms. The smallest absolute Gasteiger partial charge is 0.277 e. The number of methoxy groups -OCH3 is 1. The summed E-state index contributed by atoms with van der Waals surface area (Å²) in [7, 11) is 1.57. The number of aromatic nitrogens is 3. The van der Waals surface area contributed by atoms with E-state index in [2.05, 4.69) is 25.2 Å². The highest BCUT2D eigenvalue weighted by Crippen LogP contribution is 2.30. The van der Waals surface area contributed by atoms with Gasteiger partial charge in [0.25, 0.3) is 11.1 Å². The molecule has 2 heterocycles. The van der Waals surface area contributed by atoms with E-state index in [4.69, 9.17) is 9.15 Å². The van der Waals surface area contributed by atoms with Gasteiger partial charge in [-0.2, -0.15) is 0 Å². The fourth-order valence-electron chi connectivity index (χ4n) is 1.78. The highest BCUT2D eigenvalue weighted by atomic mass is 32.2. The fourth-order valence-corrected chi connectivity index (χ4v) is 2.34. The van der Waals surface area contributed by atoms with E-state index in [-0.39, 0.29) is 11.7 Å². The number of hydrogen-bond acceptors (Lipinski definition) is 8. The third-order valence-corrected chi connectivity index (χ3v) is 3.59.